The Morgan fingerprint density at radius 2 is 2.10 bits per heavy atom. The fraction of sp³-hybridized carbons (Fsp3) is 0.300. The van der Waals surface area contributed by atoms with E-state index in [2.05, 4.69) is 22.2 Å². The predicted octanol–water partition coefficient (Wildman–Crippen LogP) is 2.75. The van der Waals surface area contributed by atoms with E-state index >= 15 is 0 Å². The lowest BCUT2D eigenvalue weighted by molar-refractivity contribution is -0.301. The summed E-state index contributed by atoms with van der Waals surface area (Å²) in [5.41, 5.74) is 1.59. The monoisotopic (exact) mass is 413 g/mol. The zero-order valence-electron chi connectivity index (χ0n) is 16.2. The smallest absolute Gasteiger partial charge is 0.212 e. The largest absolute Gasteiger partial charge is 0.549 e. The first kappa shape index (κ1) is 20.7. The molecule has 0 radical (unpaired) electrons. The first-order chi connectivity index (χ1) is 14.1. The number of hydrogen-bond donors (Lipinski definition) is 0. The number of aliphatic carboxylic acids is 1. The quantitative estimate of drug-likeness (QED) is 0.286. The van der Waals surface area contributed by atoms with E-state index in [1.165, 1.54) is 4.68 Å². The van der Waals surface area contributed by atoms with Gasteiger partial charge in [-0.3, -0.25) is 0 Å². The molecule has 0 N–H and O–H groups in total. The minimum absolute atomic E-state index is 0.248. The van der Waals surface area contributed by atoms with Crippen molar-refractivity contribution in [2.45, 2.75) is 31.8 Å². The third-order valence-corrected chi connectivity index (χ3v) is 4.89. The van der Waals surface area contributed by atoms with E-state index in [9.17, 15) is 9.90 Å². The molecule has 2 aromatic heterocycles. The van der Waals surface area contributed by atoms with Crippen molar-refractivity contribution in [2.75, 3.05) is 12.4 Å². The topological polar surface area (TPSA) is 106 Å². The molecule has 2 heterocycles. The molecule has 0 bridgehead atoms. The van der Waals surface area contributed by atoms with Gasteiger partial charge >= 0.3 is 0 Å². The highest BCUT2D eigenvalue weighted by molar-refractivity contribution is 7.99. The molecular weight excluding hydrogens is 392 g/mol. The van der Waals surface area contributed by atoms with Crippen molar-refractivity contribution in [3.63, 3.8) is 0 Å². The molecule has 3 rings (SSSR count). The summed E-state index contributed by atoms with van der Waals surface area (Å²) in [6.45, 7) is 4.62. The Morgan fingerprint density at radius 1 is 1.31 bits per heavy atom. The Balaban J connectivity index is 1.83. The van der Waals surface area contributed by atoms with Gasteiger partial charge in [0.15, 0.2) is 5.82 Å². The number of carboxylic acids is 1. The number of carboxylic acid groups (broad SMARTS) is 1. The number of aryl methyl sites for hydroxylation is 1. The lowest BCUT2D eigenvalue weighted by atomic mass is 10.2. The molecule has 29 heavy (non-hydrogen) atoms. The normalized spacial score (nSPS) is 11.2. The van der Waals surface area contributed by atoms with Crippen LogP contribution in [0.15, 0.2) is 51.3 Å². The third-order valence-electron chi connectivity index (χ3n) is 4.00. The molecule has 0 spiro atoms. The zero-order chi connectivity index (χ0) is 20.6. The van der Waals surface area contributed by atoms with Crippen LogP contribution in [-0.2, 0) is 4.79 Å². The van der Waals surface area contributed by atoms with E-state index < -0.39 is 5.97 Å². The lowest BCUT2D eigenvalue weighted by Crippen LogP contribution is -2.24. The van der Waals surface area contributed by atoms with Crippen molar-refractivity contribution in [1.82, 2.24) is 14.9 Å². The molecule has 0 aliphatic heterocycles. The van der Waals surface area contributed by atoms with Gasteiger partial charge in [-0.05, 0) is 49.2 Å². The van der Waals surface area contributed by atoms with Gasteiger partial charge in [-0.15, -0.1) is 10.2 Å². The van der Waals surface area contributed by atoms with Crippen molar-refractivity contribution >= 4 is 23.9 Å². The molecule has 9 heteroatoms. The standard InChI is InChI=1S/C20H22N4O4S/c1-3-4-10-28-16-7-5-15(6-8-16)12-21-24-19(17-9-11-27-14(17)2)22-23-20(24)29-13-18(25)26/h5-9,11-12H,3-4,10,13H2,1-2H3,(H,25,26)/p-1/b21-12-. The summed E-state index contributed by atoms with van der Waals surface area (Å²) in [7, 11) is 0. The van der Waals surface area contributed by atoms with Crippen LogP contribution in [0, 0.1) is 6.92 Å². The number of carbonyl (C=O) groups excluding carboxylic acids is 1. The number of furan rings is 1. The highest BCUT2D eigenvalue weighted by Gasteiger charge is 2.17. The van der Waals surface area contributed by atoms with Crippen molar-refractivity contribution in [1.29, 1.82) is 0 Å². The second kappa shape index (κ2) is 9.92. The van der Waals surface area contributed by atoms with Crippen LogP contribution >= 0.6 is 11.8 Å². The molecular formula is C20H21N4O4S-. The van der Waals surface area contributed by atoms with E-state index in [1.54, 1.807) is 18.5 Å². The molecule has 0 fully saturated rings. The van der Waals surface area contributed by atoms with Gasteiger partial charge in [0.1, 0.15) is 11.5 Å². The van der Waals surface area contributed by atoms with Gasteiger partial charge in [-0.25, -0.2) is 0 Å². The summed E-state index contributed by atoms with van der Waals surface area (Å²) in [5, 5.41) is 23.9. The zero-order valence-corrected chi connectivity index (χ0v) is 17.0. The van der Waals surface area contributed by atoms with Gasteiger partial charge in [0, 0.05) is 5.75 Å². The van der Waals surface area contributed by atoms with Crippen LogP contribution < -0.4 is 9.84 Å². The van der Waals surface area contributed by atoms with Crippen molar-refractivity contribution in [3.8, 4) is 17.1 Å². The minimum Gasteiger partial charge on any atom is -0.549 e. The van der Waals surface area contributed by atoms with E-state index in [4.69, 9.17) is 9.15 Å². The number of hydrogen-bond acceptors (Lipinski definition) is 8. The van der Waals surface area contributed by atoms with Crippen molar-refractivity contribution in [2.24, 2.45) is 5.10 Å². The Bertz CT molecular complexity index is 979. The van der Waals surface area contributed by atoms with Crippen LogP contribution in [0.2, 0.25) is 0 Å². The van der Waals surface area contributed by atoms with Crippen molar-refractivity contribution < 1.29 is 19.1 Å². The minimum atomic E-state index is -1.19. The molecule has 0 amide bonds. The summed E-state index contributed by atoms with van der Waals surface area (Å²) >= 11 is 0.991. The number of carbonyl (C=O) groups is 1. The number of aromatic nitrogens is 3. The predicted molar refractivity (Wildman–Crippen MR) is 108 cm³/mol. The average Bonchev–Trinajstić information content (AvgIpc) is 3.31. The highest BCUT2D eigenvalue weighted by Crippen LogP contribution is 2.27. The van der Waals surface area contributed by atoms with Crippen LogP contribution in [0.25, 0.3) is 11.4 Å². The SMILES string of the molecule is CCCCOc1ccc(/C=N\n2c(SCC(=O)[O-])nnc2-c2ccoc2C)cc1. The van der Waals surface area contributed by atoms with E-state index in [-0.39, 0.29) is 5.75 Å². The van der Waals surface area contributed by atoms with E-state index in [1.807, 2.05) is 31.2 Å². The average molecular weight is 413 g/mol. The maximum absolute atomic E-state index is 10.8. The van der Waals surface area contributed by atoms with Gasteiger partial charge in [0.2, 0.25) is 5.16 Å². The molecule has 152 valence electrons. The summed E-state index contributed by atoms with van der Waals surface area (Å²) in [4.78, 5) is 10.8. The summed E-state index contributed by atoms with van der Waals surface area (Å²) < 4.78 is 12.5. The van der Waals surface area contributed by atoms with Crippen LogP contribution in [0.1, 0.15) is 31.1 Å². The van der Waals surface area contributed by atoms with E-state index in [0.29, 0.717) is 23.3 Å². The number of benzene rings is 1. The number of unbranched alkanes of at least 4 members (excludes halogenated alkanes) is 1. The maximum atomic E-state index is 10.8. The van der Waals surface area contributed by atoms with Gasteiger partial charge < -0.3 is 19.1 Å². The van der Waals surface area contributed by atoms with Gasteiger partial charge in [0.05, 0.1) is 30.6 Å². The molecule has 0 saturated heterocycles. The summed E-state index contributed by atoms with van der Waals surface area (Å²) in [5.74, 6) is 0.502. The third kappa shape index (κ3) is 5.47. The molecule has 0 atom stereocenters. The van der Waals surface area contributed by atoms with Crippen LogP contribution in [-0.4, -0.2) is 39.4 Å². The number of thioether (sulfide) groups is 1. The van der Waals surface area contributed by atoms with Crippen molar-refractivity contribution in [3.05, 3.63) is 47.9 Å². The Kier molecular flexibility index (Phi) is 7.07. The summed E-state index contributed by atoms with van der Waals surface area (Å²) in [6.07, 6.45) is 5.31. The number of rotatable bonds is 10. The molecule has 0 aliphatic carbocycles. The fourth-order valence-electron chi connectivity index (χ4n) is 2.48. The molecule has 0 saturated carbocycles. The Hall–Kier alpha value is -3.07. The number of nitrogens with zero attached hydrogens (tertiary/aromatic N) is 4. The first-order valence-corrected chi connectivity index (χ1v) is 10.2. The van der Waals surface area contributed by atoms with Gasteiger partial charge in [0.25, 0.3) is 0 Å². The van der Waals surface area contributed by atoms with E-state index in [0.717, 1.165) is 41.5 Å². The second-order valence-corrected chi connectivity index (χ2v) is 7.13. The highest BCUT2D eigenvalue weighted by atomic mass is 32.2. The summed E-state index contributed by atoms with van der Waals surface area (Å²) in [6, 6.07) is 9.32. The number of ether oxygens (including phenoxy) is 1. The molecule has 0 unspecified atom stereocenters. The fourth-order valence-corrected chi connectivity index (χ4v) is 3.08. The van der Waals surface area contributed by atoms with Crippen LogP contribution in [0.5, 0.6) is 5.75 Å². The molecule has 1 aromatic carbocycles. The first-order valence-electron chi connectivity index (χ1n) is 9.18. The molecule has 0 aliphatic rings. The Morgan fingerprint density at radius 3 is 2.76 bits per heavy atom. The second-order valence-electron chi connectivity index (χ2n) is 6.18. The van der Waals surface area contributed by atoms with Gasteiger partial charge in [-0.1, -0.05) is 25.1 Å². The lowest BCUT2D eigenvalue weighted by Gasteiger charge is -2.06. The molecule has 8 nitrogen and oxygen atoms in total. The molecule has 3 aromatic rings. The maximum Gasteiger partial charge on any atom is 0.212 e. The Labute approximate surface area is 172 Å². The van der Waals surface area contributed by atoms with Gasteiger partial charge in [-0.2, -0.15) is 9.78 Å². The van der Waals surface area contributed by atoms with Crippen LogP contribution in [0.4, 0.5) is 0 Å². The van der Waals surface area contributed by atoms with Crippen LogP contribution in [0.3, 0.4) is 0 Å².